The van der Waals surface area contributed by atoms with Gasteiger partial charge in [-0.25, -0.2) is 10.9 Å². The highest BCUT2D eigenvalue weighted by atomic mass is 16.0. The molecule has 15 heavy (non-hydrogen) atoms. The molecule has 1 rings (SSSR count). The first-order valence-electron chi connectivity index (χ1n) is 5.96. The second kappa shape index (κ2) is 11.9. The molecule has 0 amide bonds. The molecule has 0 radical (unpaired) electrons. The predicted octanol–water partition coefficient (Wildman–Crippen LogP) is 0.399. The molecule has 0 bridgehead atoms. The maximum Gasteiger partial charge on any atom is 0.0113 e. The van der Waals surface area contributed by atoms with Crippen molar-refractivity contribution in [3.63, 3.8) is 0 Å². The predicted molar refractivity (Wildman–Crippen MR) is 62.8 cm³/mol. The van der Waals surface area contributed by atoms with E-state index < -0.39 is 0 Å². The second-order valence-corrected chi connectivity index (χ2v) is 3.93. The van der Waals surface area contributed by atoms with E-state index in [0.29, 0.717) is 0 Å². The third-order valence-electron chi connectivity index (χ3n) is 2.59. The Kier molecular flexibility index (Phi) is 11.7. The van der Waals surface area contributed by atoms with E-state index in [1.54, 1.807) is 0 Å². The fourth-order valence-electron chi connectivity index (χ4n) is 1.70. The van der Waals surface area contributed by atoms with Crippen molar-refractivity contribution < 1.29 is 5.48 Å². The third kappa shape index (κ3) is 10.1. The van der Waals surface area contributed by atoms with E-state index >= 15 is 0 Å². The average molecular weight is 218 g/mol. The lowest BCUT2D eigenvalue weighted by Crippen LogP contribution is -2.51. The van der Waals surface area contributed by atoms with Crippen LogP contribution in [0.5, 0.6) is 0 Å². The van der Waals surface area contributed by atoms with Crippen LogP contribution in [0.3, 0.4) is 0 Å². The summed E-state index contributed by atoms with van der Waals surface area (Å²) in [5.41, 5.74) is 12.1. The molecule has 5 nitrogen and oxygen atoms in total. The Bertz CT molecular complexity index is 70.7. The van der Waals surface area contributed by atoms with Crippen LogP contribution in [0.25, 0.3) is 0 Å². The molecule has 0 aliphatic carbocycles. The number of nitrogens with one attached hydrogen (secondary N) is 4. The summed E-state index contributed by atoms with van der Waals surface area (Å²) < 4.78 is 0. The lowest BCUT2D eigenvalue weighted by Gasteiger charge is -2.10. The van der Waals surface area contributed by atoms with Crippen molar-refractivity contribution in [2.75, 3.05) is 13.1 Å². The van der Waals surface area contributed by atoms with Gasteiger partial charge in [-0.1, -0.05) is 38.5 Å². The highest BCUT2D eigenvalue weighted by molar-refractivity contribution is 4.49. The zero-order chi connectivity index (χ0) is 9.90. The summed E-state index contributed by atoms with van der Waals surface area (Å²) in [5.74, 6) is 0. The normalized spacial score (nSPS) is 22.4. The van der Waals surface area contributed by atoms with Gasteiger partial charge in [-0.15, -0.1) is 0 Å². The van der Waals surface area contributed by atoms with Gasteiger partial charge in [-0.2, -0.15) is 11.1 Å². The van der Waals surface area contributed by atoms with Crippen LogP contribution in [0, 0.1) is 0 Å². The first-order chi connectivity index (χ1) is 7.00. The molecule has 5 heteroatoms. The Morgan fingerprint density at radius 1 is 0.467 bits per heavy atom. The van der Waals surface area contributed by atoms with E-state index in [9.17, 15) is 0 Å². The van der Waals surface area contributed by atoms with Crippen LogP contribution in [0.1, 0.15) is 51.4 Å². The van der Waals surface area contributed by atoms with Crippen molar-refractivity contribution in [1.82, 2.24) is 21.9 Å². The van der Waals surface area contributed by atoms with Crippen LogP contribution in [0.2, 0.25) is 0 Å². The van der Waals surface area contributed by atoms with Gasteiger partial charge in [0.15, 0.2) is 0 Å². The van der Waals surface area contributed by atoms with Gasteiger partial charge >= 0.3 is 0 Å². The molecule has 92 valence electrons. The van der Waals surface area contributed by atoms with E-state index in [-0.39, 0.29) is 5.48 Å². The molecule has 1 heterocycles. The topological polar surface area (TPSA) is 79.6 Å². The Hall–Kier alpha value is -0.200. The molecule has 1 saturated heterocycles. The van der Waals surface area contributed by atoms with E-state index in [1.165, 1.54) is 51.4 Å². The van der Waals surface area contributed by atoms with Gasteiger partial charge in [-0.05, 0) is 12.8 Å². The lowest BCUT2D eigenvalue weighted by atomic mass is 10.1. The smallest absolute Gasteiger partial charge is 0.0113 e. The molecule has 6 N–H and O–H groups in total. The summed E-state index contributed by atoms with van der Waals surface area (Å²) in [6.45, 7) is 2.07. The SMILES string of the molecule is C1CCCCCNNNNCCCC1.O. The van der Waals surface area contributed by atoms with Gasteiger partial charge in [-0.3, -0.25) is 0 Å². The summed E-state index contributed by atoms with van der Waals surface area (Å²) in [4.78, 5) is 0. The first kappa shape index (κ1) is 14.8. The first-order valence-corrected chi connectivity index (χ1v) is 5.96. The molecule has 1 aliphatic heterocycles. The van der Waals surface area contributed by atoms with Gasteiger partial charge < -0.3 is 5.48 Å². The Morgan fingerprint density at radius 3 is 1.20 bits per heavy atom. The Labute approximate surface area is 92.6 Å². The minimum absolute atomic E-state index is 0. The van der Waals surface area contributed by atoms with Crippen molar-refractivity contribution in [2.24, 2.45) is 0 Å². The van der Waals surface area contributed by atoms with Crippen molar-refractivity contribution >= 4 is 0 Å². The van der Waals surface area contributed by atoms with Crippen molar-refractivity contribution in [3.8, 4) is 0 Å². The molecular formula is C10H26N4O. The molecule has 0 saturated carbocycles. The van der Waals surface area contributed by atoms with E-state index in [4.69, 9.17) is 0 Å². The molecule has 1 fully saturated rings. The maximum atomic E-state index is 3.12. The molecule has 0 atom stereocenters. The van der Waals surface area contributed by atoms with Crippen LogP contribution < -0.4 is 21.9 Å². The standard InChI is InChI=1S/C10H24N4.H2O/c1-2-4-6-8-10-12-14-13-11-9-7-5-3-1;/h11-14H,1-10H2;1H2. The zero-order valence-electron chi connectivity index (χ0n) is 9.57. The number of hydrogen-bond acceptors (Lipinski definition) is 4. The summed E-state index contributed by atoms with van der Waals surface area (Å²) >= 11 is 0. The van der Waals surface area contributed by atoms with E-state index in [1.807, 2.05) is 0 Å². The van der Waals surface area contributed by atoms with Crippen molar-refractivity contribution in [3.05, 3.63) is 0 Å². The molecule has 0 spiro atoms. The Morgan fingerprint density at radius 2 is 0.800 bits per heavy atom. The minimum atomic E-state index is 0. The number of hydrazine groups is 3. The van der Waals surface area contributed by atoms with Crippen LogP contribution >= 0.6 is 0 Å². The third-order valence-corrected chi connectivity index (χ3v) is 2.59. The van der Waals surface area contributed by atoms with E-state index in [0.717, 1.165) is 13.1 Å². The lowest BCUT2D eigenvalue weighted by molar-refractivity contribution is 0.357. The summed E-state index contributed by atoms with van der Waals surface area (Å²) in [6, 6.07) is 0. The van der Waals surface area contributed by atoms with Crippen molar-refractivity contribution in [1.29, 1.82) is 0 Å². The number of rotatable bonds is 0. The van der Waals surface area contributed by atoms with Gasteiger partial charge in [0.2, 0.25) is 0 Å². The highest BCUT2D eigenvalue weighted by Gasteiger charge is 1.94. The van der Waals surface area contributed by atoms with Crippen LogP contribution in [0.15, 0.2) is 0 Å². The fraction of sp³-hybridized carbons (Fsp3) is 1.00. The monoisotopic (exact) mass is 218 g/mol. The van der Waals surface area contributed by atoms with Gasteiger partial charge in [0.1, 0.15) is 0 Å². The molecule has 0 aromatic rings. The van der Waals surface area contributed by atoms with E-state index in [2.05, 4.69) is 21.9 Å². The second-order valence-electron chi connectivity index (χ2n) is 3.93. The molecule has 0 aromatic carbocycles. The zero-order valence-corrected chi connectivity index (χ0v) is 9.57. The number of hydrogen-bond donors (Lipinski definition) is 4. The Balaban J connectivity index is 0.00000196. The minimum Gasteiger partial charge on any atom is -0.412 e. The quantitative estimate of drug-likeness (QED) is 0.474. The molecule has 1 aliphatic rings. The highest BCUT2D eigenvalue weighted by Crippen LogP contribution is 2.07. The average Bonchev–Trinajstić information content (AvgIpc) is 2.22. The van der Waals surface area contributed by atoms with Gasteiger partial charge in [0, 0.05) is 13.1 Å². The van der Waals surface area contributed by atoms with Crippen LogP contribution in [0.4, 0.5) is 0 Å². The fourth-order valence-corrected chi connectivity index (χ4v) is 1.70. The molecular weight excluding hydrogens is 192 g/mol. The van der Waals surface area contributed by atoms with Gasteiger partial charge in [0.05, 0.1) is 0 Å². The molecule has 0 aromatic heterocycles. The van der Waals surface area contributed by atoms with Crippen LogP contribution in [-0.2, 0) is 0 Å². The van der Waals surface area contributed by atoms with Crippen molar-refractivity contribution in [2.45, 2.75) is 51.4 Å². The summed E-state index contributed by atoms with van der Waals surface area (Å²) in [7, 11) is 0. The maximum absolute atomic E-state index is 3.12. The summed E-state index contributed by atoms with van der Waals surface area (Å²) in [6.07, 6.45) is 10.8. The largest absolute Gasteiger partial charge is 0.412 e. The van der Waals surface area contributed by atoms with Gasteiger partial charge in [0.25, 0.3) is 0 Å². The molecule has 0 unspecified atom stereocenters. The summed E-state index contributed by atoms with van der Waals surface area (Å²) in [5, 5.41) is 0. The van der Waals surface area contributed by atoms with Crippen LogP contribution in [-0.4, -0.2) is 18.6 Å².